The van der Waals surface area contributed by atoms with Crippen molar-refractivity contribution in [1.29, 1.82) is 0 Å². The van der Waals surface area contributed by atoms with E-state index in [1.54, 1.807) is 14.2 Å². The van der Waals surface area contributed by atoms with E-state index in [1.807, 2.05) is 19.1 Å². The van der Waals surface area contributed by atoms with Gasteiger partial charge in [0.15, 0.2) is 0 Å². The minimum Gasteiger partial charge on any atom is -0.496 e. The van der Waals surface area contributed by atoms with E-state index in [-0.39, 0.29) is 6.54 Å². The summed E-state index contributed by atoms with van der Waals surface area (Å²) < 4.78 is 10.5. The molecule has 5 nitrogen and oxygen atoms in total. The number of methoxy groups -OCH3 is 2. The highest BCUT2D eigenvalue weighted by molar-refractivity contribution is 5.69. The first-order valence-corrected chi connectivity index (χ1v) is 5.22. The maximum absolute atomic E-state index is 10.4. The summed E-state index contributed by atoms with van der Waals surface area (Å²) in [7, 11) is 3.16. The zero-order valence-corrected chi connectivity index (χ0v) is 10.2. The summed E-state index contributed by atoms with van der Waals surface area (Å²) in [5.74, 6) is 0.495. The molecule has 5 heteroatoms. The summed E-state index contributed by atoms with van der Waals surface area (Å²) in [4.78, 5) is 10.4. The molecule has 1 aromatic rings. The maximum atomic E-state index is 10.4. The van der Waals surface area contributed by atoms with Gasteiger partial charge in [-0.3, -0.25) is 4.79 Å². The van der Waals surface area contributed by atoms with E-state index in [9.17, 15) is 4.79 Å². The van der Waals surface area contributed by atoms with E-state index in [4.69, 9.17) is 14.6 Å². The molecule has 0 atom stereocenters. The molecule has 0 aliphatic heterocycles. The Balaban J connectivity index is 2.90. The van der Waals surface area contributed by atoms with Crippen molar-refractivity contribution in [3.8, 4) is 11.5 Å². The Labute approximate surface area is 100 Å². The topological polar surface area (TPSA) is 67.8 Å². The second kappa shape index (κ2) is 6.10. The summed E-state index contributed by atoms with van der Waals surface area (Å²) in [6, 6.07) is 3.78. The van der Waals surface area contributed by atoms with Gasteiger partial charge < -0.3 is 19.9 Å². The molecule has 0 aliphatic carbocycles. The lowest BCUT2D eigenvalue weighted by atomic mass is 10.1. The molecule has 0 aromatic heterocycles. The predicted molar refractivity (Wildman–Crippen MR) is 63.6 cm³/mol. The fourth-order valence-electron chi connectivity index (χ4n) is 1.58. The monoisotopic (exact) mass is 239 g/mol. The highest BCUT2D eigenvalue weighted by Crippen LogP contribution is 2.30. The zero-order valence-electron chi connectivity index (χ0n) is 10.2. The average Bonchev–Trinajstić information content (AvgIpc) is 2.29. The number of aliphatic carboxylic acids is 1. The summed E-state index contributed by atoms with van der Waals surface area (Å²) in [6.07, 6.45) is 0. The number of hydrogen-bond acceptors (Lipinski definition) is 4. The number of carboxylic acid groups (broad SMARTS) is 1. The molecular weight excluding hydrogens is 222 g/mol. The zero-order chi connectivity index (χ0) is 12.8. The molecule has 0 saturated heterocycles. The van der Waals surface area contributed by atoms with Crippen LogP contribution in [0.25, 0.3) is 0 Å². The van der Waals surface area contributed by atoms with Gasteiger partial charge in [-0.05, 0) is 24.6 Å². The number of rotatable bonds is 6. The minimum absolute atomic E-state index is 0.0970. The summed E-state index contributed by atoms with van der Waals surface area (Å²) >= 11 is 0. The van der Waals surface area contributed by atoms with Crippen LogP contribution in [0.1, 0.15) is 11.1 Å². The lowest BCUT2D eigenvalue weighted by molar-refractivity contribution is -0.136. The highest BCUT2D eigenvalue weighted by Gasteiger charge is 2.11. The van der Waals surface area contributed by atoms with Crippen LogP contribution in [0, 0.1) is 6.92 Å². The van der Waals surface area contributed by atoms with Gasteiger partial charge in [-0.2, -0.15) is 0 Å². The molecule has 0 amide bonds. The summed E-state index contributed by atoms with van der Waals surface area (Å²) in [6.45, 7) is 2.23. The number of aryl methyl sites for hydroxylation is 1. The molecule has 0 aliphatic rings. The maximum Gasteiger partial charge on any atom is 0.317 e. The third kappa shape index (κ3) is 3.64. The molecule has 0 heterocycles. The SMILES string of the molecule is COc1cc(C)cc(OC)c1CNCC(=O)O. The molecule has 0 saturated carbocycles. The van der Waals surface area contributed by atoms with Gasteiger partial charge in [0.25, 0.3) is 0 Å². The van der Waals surface area contributed by atoms with Gasteiger partial charge in [0.05, 0.1) is 20.8 Å². The number of benzene rings is 1. The Hall–Kier alpha value is -1.75. The van der Waals surface area contributed by atoms with Crippen LogP contribution in [0.3, 0.4) is 0 Å². The van der Waals surface area contributed by atoms with Crippen molar-refractivity contribution in [2.75, 3.05) is 20.8 Å². The van der Waals surface area contributed by atoms with Crippen LogP contribution in [0.2, 0.25) is 0 Å². The summed E-state index contributed by atoms with van der Waals surface area (Å²) in [5.41, 5.74) is 1.85. The Morgan fingerprint density at radius 2 is 1.82 bits per heavy atom. The first-order valence-electron chi connectivity index (χ1n) is 5.22. The Bertz CT molecular complexity index is 378. The third-order valence-corrected chi connectivity index (χ3v) is 2.33. The largest absolute Gasteiger partial charge is 0.496 e. The quantitative estimate of drug-likeness (QED) is 0.780. The standard InChI is InChI=1S/C12H17NO4/c1-8-4-10(16-2)9(11(5-8)17-3)6-13-7-12(14)15/h4-5,13H,6-7H2,1-3H3,(H,14,15). The van der Waals surface area contributed by atoms with E-state index >= 15 is 0 Å². The Morgan fingerprint density at radius 3 is 2.24 bits per heavy atom. The molecule has 0 fully saturated rings. The fraction of sp³-hybridized carbons (Fsp3) is 0.417. The third-order valence-electron chi connectivity index (χ3n) is 2.33. The second-order valence-electron chi connectivity index (χ2n) is 3.65. The van der Waals surface area contributed by atoms with Crippen LogP contribution in [0.5, 0.6) is 11.5 Å². The highest BCUT2D eigenvalue weighted by atomic mass is 16.5. The molecule has 94 valence electrons. The number of nitrogens with one attached hydrogen (secondary N) is 1. The molecule has 2 N–H and O–H groups in total. The van der Waals surface area contributed by atoms with Gasteiger partial charge in [-0.1, -0.05) is 0 Å². The molecule has 0 radical (unpaired) electrons. The molecule has 0 unspecified atom stereocenters. The van der Waals surface area contributed by atoms with E-state index in [0.717, 1.165) is 11.1 Å². The van der Waals surface area contributed by atoms with Gasteiger partial charge >= 0.3 is 5.97 Å². The lowest BCUT2D eigenvalue weighted by Crippen LogP contribution is -2.22. The fourth-order valence-corrected chi connectivity index (χ4v) is 1.58. The van der Waals surface area contributed by atoms with Crippen LogP contribution < -0.4 is 14.8 Å². The molecule has 0 bridgehead atoms. The molecular formula is C12H17NO4. The van der Waals surface area contributed by atoms with Crippen molar-refractivity contribution >= 4 is 5.97 Å². The van der Waals surface area contributed by atoms with Crippen molar-refractivity contribution in [3.63, 3.8) is 0 Å². The Morgan fingerprint density at radius 1 is 1.29 bits per heavy atom. The lowest BCUT2D eigenvalue weighted by Gasteiger charge is -2.14. The van der Waals surface area contributed by atoms with Crippen LogP contribution in [-0.4, -0.2) is 31.8 Å². The normalized spacial score (nSPS) is 10.1. The number of hydrogen-bond donors (Lipinski definition) is 2. The van der Waals surface area contributed by atoms with Crippen LogP contribution in [-0.2, 0) is 11.3 Å². The van der Waals surface area contributed by atoms with Crippen molar-refractivity contribution in [1.82, 2.24) is 5.32 Å². The Kier molecular flexibility index (Phi) is 4.78. The number of carbonyl (C=O) groups is 1. The molecule has 0 spiro atoms. The van der Waals surface area contributed by atoms with Gasteiger partial charge in [0.2, 0.25) is 0 Å². The number of carboxylic acids is 1. The first-order chi connectivity index (χ1) is 8.08. The summed E-state index contributed by atoms with van der Waals surface area (Å²) in [5, 5.41) is 11.4. The van der Waals surface area contributed by atoms with E-state index in [1.165, 1.54) is 0 Å². The van der Waals surface area contributed by atoms with E-state index in [2.05, 4.69) is 5.32 Å². The molecule has 1 rings (SSSR count). The van der Waals surface area contributed by atoms with Crippen LogP contribution in [0.15, 0.2) is 12.1 Å². The van der Waals surface area contributed by atoms with Gasteiger partial charge in [-0.15, -0.1) is 0 Å². The van der Waals surface area contributed by atoms with Gasteiger partial charge in [0, 0.05) is 12.1 Å². The van der Waals surface area contributed by atoms with E-state index < -0.39 is 5.97 Å². The number of ether oxygens (including phenoxy) is 2. The van der Waals surface area contributed by atoms with Crippen LogP contribution >= 0.6 is 0 Å². The van der Waals surface area contributed by atoms with E-state index in [0.29, 0.717) is 18.0 Å². The predicted octanol–water partition coefficient (Wildman–Crippen LogP) is 1.19. The molecule has 1 aromatic carbocycles. The molecule has 17 heavy (non-hydrogen) atoms. The first kappa shape index (κ1) is 13.3. The van der Waals surface area contributed by atoms with Gasteiger partial charge in [-0.25, -0.2) is 0 Å². The smallest absolute Gasteiger partial charge is 0.317 e. The van der Waals surface area contributed by atoms with Crippen molar-refractivity contribution < 1.29 is 19.4 Å². The van der Waals surface area contributed by atoms with Crippen LogP contribution in [0.4, 0.5) is 0 Å². The van der Waals surface area contributed by atoms with Crippen molar-refractivity contribution in [2.45, 2.75) is 13.5 Å². The van der Waals surface area contributed by atoms with Crippen molar-refractivity contribution in [3.05, 3.63) is 23.3 Å². The minimum atomic E-state index is -0.893. The second-order valence-corrected chi connectivity index (χ2v) is 3.65. The van der Waals surface area contributed by atoms with Gasteiger partial charge in [0.1, 0.15) is 11.5 Å². The van der Waals surface area contributed by atoms with Crippen molar-refractivity contribution in [2.24, 2.45) is 0 Å². The average molecular weight is 239 g/mol.